The van der Waals surface area contributed by atoms with Gasteiger partial charge in [-0.15, -0.1) is 11.3 Å². The molecule has 0 spiro atoms. The Labute approximate surface area is 110 Å². The normalized spacial score (nSPS) is 10.1. The molecule has 5 heteroatoms. The van der Waals surface area contributed by atoms with Crippen LogP contribution in [0.2, 0.25) is 0 Å². The predicted octanol–water partition coefficient (Wildman–Crippen LogP) is 3.62. The van der Waals surface area contributed by atoms with Gasteiger partial charge in [0.05, 0.1) is 5.69 Å². The summed E-state index contributed by atoms with van der Waals surface area (Å²) in [7, 11) is 0. The quantitative estimate of drug-likeness (QED) is 0.919. The Balaban J connectivity index is 1.94. The zero-order valence-corrected chi connectivity index (χ0v) is 11.1. The van der Waals surface area contributed by atoms with Gasteiger partial charge in [0.2, 0.25) is 0 Å². The van der Waals surface area contributed by atoms with Gasteiger partial charge in [0.25, 0.3) is 0 Å². The van der Waals surface area contributed by atoms with Gasteiger partial charge in [-0.3, -0.25) is 5.32 Å². The van der Waals surface area contributed by atoms with Gasteiger partial charge in [0.15, 0.2) is 5.13 Å². The molecule has 1 amide bonds. The lowest BCUT2D eigenvalue weighted by Gasteiger charge is -2.04. The van der Waals surface area contributed by atoms with E-state index in [-0.39, 0.29) is 0 Å². The Morgan fingerprint density at radius 1 is 1.39 bits per heavy atom. The second-order valence-corrected chi connectivity index (χ2v) is 4.68. The summed E-state index contributed by atoms with van der Waals surface area (Å²) in [6.07, 6.45) is 0.335. The minimum atomic E-state index is -0.518. The van der Waals surface area contributed by atoms with Crippen LogP contribution in [0, 0.1) is 6.92 Å². The largest absolute Gasteiger partial charge is 0.418 e. The Bertz CT molecular complexity index is 534. The molecule has 0 fully saturated rings. The summed E-state index contributed by atoms with van der Waals surface area (Å²) in [5.41, 5.74) is 2.08. The molecule has 0 aliphatic carbocycles. The van der Waals surface area contributed by atoms with Crippen molar-refractivity contribution in [1.82, 2.24) is 4.98 Å². The van der Waals surface area contributed by atoms with Crippen molar-refractivity contribution in [2.24, 2.45) is 0 Å². The van der Waals surface area contributed by atoms with Gasteiger partial charge in [-0.1, -0.05) is 24.6 Å². The first kappa shape index (κ1) is 12.6. The van der Waals surface area contributed by atoms with E-state index in [4.69, 9.17) is 4.74 Å². The van der Waals surface area contributed by atoms with E-state index in [0.29, 0.717) is 10.9 Å². The average Bonchev–Trinajstić information content (AvgIpc) is 2.79. The van der Waals surface area contributed by atoms with Crippen molar-refractivity contribution in [3.05, 3.63) is 40.9 Å². The van der Waals surface area contributed by atoms with Crippen molar-refractivity contribution in [3.8, 4) is 5.75 Å². The highest BCUT2D eigenvalue weighted by Gasteiger charge is 2.07. The smallest absolute Gasteiger partial charge is 0.410 e. The molecule has 4 nitrogen and oxygen atoms in total. The number of thiazole rings is 1. The van der Waals surface area contributed by atoms with E-state index >= 15 is 0 Å². The summed E-state index contributed by atoms with van der Waals surface area (Å²) in [6.45, 7) is 4.00. The van der Waals surface area contributed by atoms with Gasteiger partial charge in [0.1, 0.15) is 5.75 Å². The van der Waals surface area contributed by atoms with Gasteiger partial charge < -0.3 is 4.74 Å². The van der Waals surface area contributed by atoms with E-state index in [1.165, 1.54) is 11.3 Å². The number of amides is 1. The lowest BCUT2D eigenvalue weighted by molar-refractivity contribution is 0.215. The van der Waals surface area contributed by atoms with Gasteiger partial charge in [-0.2, -0.15) is 0 Å². The van der Waals surface area contributed by atoms with E-state index in [1.807, 2.05) is 31.4 Å². The van der Waals surface area contributed by atoms with Crippen LogP contribution in [0.4, 0.5) is 9.93 Å². The zero-order valence-electron chi connectivity index (χ0n) is 10.3. The molecule has 1 N–H and O–H groups in total. The molecular formula is C13H14N2O2S. The van der Waals surface area contributed by atoms with Gasteiger partial charge in [0, 0.05) is 5.38 Å². The summed E-state index contributed by atoms with van der Waals surface area (Å²) in [5, 5.41) is 5.08. The second-order valence-electron chi connectivity index (χ2n) is 3.83. The fourth-order valence-electron chi connectivity index (χ4n) is 1.35. The van der Waals surface area contributed by atoms with E-state index < -0.39 is 6.09 Å². The number of anilines is 1. The Hall–Kier alpha value is -1.88. The standard InChI is InChI=1S/C13H14N2O2S/c1-3-10-8-18-12(14-10)15-13(16)17-11-6-4-9(2)5-7-11/h4-8H,3H2,1-2H3,(H,14,15,16). The SMILES string of the molecule is CCc1csc(NC(=O)Oc2ccc(C)cc2)n1. The van der Waals surface area contributed by atoms with Crippen LogP contribution >= 0.6 is 11.3 Å². The van der Waals surface area contributed by atoms with Gasteiger partial charge in [-0.25, -0.2) is 9.78 Å². The number of aromatic nitrogens is 1. The fourth-order valence-corrected chi connectivity index (χ4v) is 2.13. The van der Waals surface area contributed by atoms with Gasteiger partial charge >= 0.3 is 6.09 Å². The number of carbonyl (C=O) groups is 1. The summed E-state index contributed by atoms with van der Waals surface area (Å²) in [6, 6.07) is 7.30. The highest BCUT2D eigenvalue weighted by molar-refractivity contribution is 7.13. The maximum Gasteiger partial charge on any atom is 0.418 e. The monoisotopic (exact) mass is 262 g/mol. The number of benzene rings is 1. The Kier molecular flexibility index (Phi) is 3.94. The molecule has 0 saturated heterocycles. The van der Waals surface area contributed by atoms with Crippen molar-refractivity contribution >= 4 is 22.6 Å². The minimum Gasteiger partial charge on any atom is -0.410 e. The summed E-state index contributed by atoms with van der Waals surface area (Å²) in [4.78, 5) is 15.8. The van der Waals surface area contributed by atoms with Crippen LogP contribution in [-0.2, 0) is 6.42 Å². The number of nitrogens with zero attached hydrogens (tertiary/aromatic N) is 1. The summed E-state index contributed by atoms with van der Waals surface area (Å²) >= 11 is 1.39. The summed E-state index contributed by atoms with van der Waals surface area (Å²) < 4.78 is 5.13. The third-order valence-electron chi connectivity index (χ3n) is 2.35. The highest BCUT2D eigenvalue weighted by Crippen LogP contribution is 2.17. The molecule has 0 atom stereocenters. The fraction of sp³-hybridized carbons (Fsp3) is 0.231. The number of nitrogens with one attached hydrogen (secondary N) is 1. The molecule has 1 aromatic carbocycles. The van der Waals surface area contributed by atoms with Crippen molar-refractivity contribution in [1.29, 1.82) is 0 Å². The summed E-state index contributed by atoms with van der Waals surface area (Å²) in [5.74, 6) is 0.519. The predicted molar refractivity (Wildman–Crippen MR) is 72.3 cm³/mol. The minimum absolute atomic E-state index is 0.518. The van der Waals surface area contributed by atoms with Gasteiger partial charge in [-0.05, 0) is 25.5 Å². The van der Waals surface area contributed by atoms with Crippen LogP contribution in [0.5, 0.6) is 5.75 Å². The lowest BCUT2D eigenvalue weighted by atomic mass is 10.2. The Morgan fingerprint density at radius 2 is 2.11 bits per heavy atom. The number of hydrogen-bond donors (Lipinski definition) is 1. The van der Waals surface area contributed by atoms with Crippen molar-refractivity contribution < 1.29 is 9.53 Å². The number of carbonyl (C=O) groups excluding carboxylic acids is 1. The van der Waals surface area contributed by atoms with E-state index in [9.17, 15) is 4.79 Å². The van der Waals surface area contributed by atoms with E-state index in [1.54, 1.807) is 12.1 Å². The van der Waals surface area contributed by atoms with Crippen LogP contribution < -0.4 is 10.1 Å². The van der Waals surface area contributed by atoms with E-state index in [2.05, 4.69) is 10.3 Å². The molecule has 0 aliphatic rings. The molecule has 1 heterocycles. The first-order chi connectivity index (χ1) is 8.67. The number of hydrogen-bond acceptors (Lipinski definition) is 4. The van der Waals surface area contributed by atoms with Crippen LogP contribution in [0.25, 0.3) is 0 Å². The topological polar surface area (TPSA) is 51.2 Å². The second kappa shape index (κ2) is 5.64. The van der Waals surface area contributed by atoms with Crippen LogP contribution in [0.3, 0.4) is 0 Å². The number of aryl methyl sites for hydroxylation is 2. The molecule has 94 valence electrons. The Morgan fingerprint density at radius 3 is 2.72 bits per heavy atom. The first-order valence-electron chi connectivity index (χ1n) is 5.67. The molecule has 2 rings (SSSR count). The van der Waals surface area contributed by atoms with Crippen LogP contribution in [-0.4, -0.2) is 11.1 Å². The van der Waals surface area contributed by atoms with Crippen LogP contribution in [0.1, 0.15) is 18.2 Å². The maximum absolute atomic E-state index is 11.6. The lowest BCUT2D eigenvalue weighted by Crippen LogP contribution is -2.16. The first-order valence-corrected chi connectivity index (χ1v) is 6.55. The highest BCUT2D eigenvalue weighted by atomic mass is 32.1. The van der Waals surface area contributed by atoms with Crippen LogP contribution in [0.15, 0.2) is 29.6 Å². The third kappa shape index (κ3) is 3.30. The molecule has 0 bridgehead atoms. The molecule has 0 radical (unpaired) electrons. The molecule has 1 aromatic heterocycles. The zero-order chi connectivity index (χ0) is 13.0. The number of rotatable bonds is 3. The molecule has 18 heavy (non-hydrogen) atoms. The molecular weight excluding hydrogens is 248 g/mol. The molecule has 0 unspecified atom stereocenters. The average molecular weight is 262 g/mol. The third-order valence-corrected chi connectivity index (χ3v) is 3.16. The van der Waals surface area contributed by atoms with Crippen molar-refractivity contribution in [3.63, 3.8) is 0 Å². The molecule has 0 saturated carbocycles. The molecule has 0 aliphatic heterocycles. The maximum atomic E-state index is 11.6. The molecule has 2 aromatic rings. The number of ether oxygens (including phenoxy) is 1. The van der Waals surface area contributed by atoms with Crippen molar-refractivity contribution in [2.45, 2.75) is 20.3 Å². The van der Waals surface area contributed by atoms with E-state index in [0.717, 1.165) is 17.7 Å². The van der Waals surface area contributed by atoms with Crippen molar-refractivity contribution in [2.75, 3.05) is 5.32 Å².